The molecule has 5 heteroatoms. The van der Waals surface area contributed by atoms with Crippen molar-refractivity contribution >= 4 is 11.7 Å². The maximum atomic E-state index is 11.5. The van der Waals surface area contributed by atoms with Crippen LogP contribution >= 0.6 is 0 Å². The molecule has 0 amide bonds. The maximum absolute atomic E-state index is 11.5. The van der Waals surface area contributed by atoms with E-state index in [1.54, 1.807) is 6.20 Å². The SMILES string of the molecule is CC(=O)c1cnc(N2CC[C@](O)(c3ccccc3C)C2)nc1C. The lowest BCUT2D eigenvalue weighted by Crippen LogP contribution is -2.32. The van der Waals surface area contributed by atoms with E-state index in [9.17, 15) is 9.90 Å². The first-order valence-electron chi connectivity index (χ1n) is 7.79. The van der Waals surface area contributed by atoms with Crippen molar-refractivity contribution in [1.29, 1.82) is 0 Å². The van der Waals surface area contributed by atoms with Crippen molar-refractivity contribution in [2.45, 2.75) is 32.8 Å². The lowest BCUT2D eigenvalue weighted by Gasteiger charge is -2.25. The topological polar surface area (TPSA) is 66.3 Å². The number of rotatable bonds is 3. The number of aryl methyl sites for hydroxylation is 2. The van der Waals surface area contributed by atoms with Gasteiger partial charge in [0.05, 0.1) is 17.8 Å². The number of carbonyl (C=O) groups excluding carboxylic acids is 1. The molecule has 0 saturated carbocycles. The zero-order valence-corrected chi connectivity index (χ0v) is 13.7. The van der Waals surface area contributed by atoms with E-state index in [2.05, 4.69) is 9.97 Å². The number of aromatic nitrogens is 2. The van der Waals surface area contributed by atoms with Crippen molar-refractivity contribution in [3.05, 3.63) is 52.8 Å². The highest BCUT2D eigenvalue weighted by Gasteiger charge is 2.39. The Morgan fingerprint density at radius 1 is 1.30 bits per heavy atom. The summed E-state index contributed by atoms with van der Waals surface area (Å²) in [7, 11) is 0. The lowest BCUT2D eigenvalue weighted by atomic mass is 9.89. The molecule has 23 heavy (non-hydrogen) atoms. The summed E-state index contributed by atoms with van der Waals surface area (Å²) in [6, 6.07) is 7.91. The zero-order chi connectivity index (χ0) is 16.6. The fourth-order valence-corrected chi connectivity index (χ4v) is 3.23. The molecule has 2 heterocycles. The number of β-amino-alcohol motifs (C(OH)–C–C–N with tert-alkyl or cyclic N) is 1. The molecule has 0 spiro atoms. The van der Waals surface area contributed by atoms with Crippen LogP contribution in [0.2, 0.25) is 0 Å². The van der Waals surface area contributed by atoms with Crippen molar-refractivity contribution in [2.24, 2.45) is 0 Å². The largest absolute Gasteiger partial charge is 0.383 e. The molecule has 0 bridgehead atoms. The minimum atomic E-state index is -0.887. The summed E-state index contributed by atoms with van der Waals surface area (Å²) in [5.74, 6) is 0.531. The first-order chi connectivity index (χ1) is 10.9. The predicted molar refractivity (Wildman–Crippen MR) is 88.7 cm³/mol. The van der Waals surface area contributed by atoms with Crippen molar-refractivity contribution in [1.82, 2.24) is 9.97 Å². The van der Waals surface area contributed by atoms with Crippen LogP contribution in [0.3, 0.4) is 0 Å². The second kappa shape index (κ2) is 5.74. The molecule has 0 unspecified atom stereocenters. The molecule has 1 N–H and O–H groups in total. The average molecular weight is 311 g/mol. The molecule has 1 fully saturated rings. The molecule has 1 aliphatic heterocycles. The van der Waals surface area contributed by atoms with Crippen molar-refractivity contribution in [3.8, 4) is 0 Å². The van der Waals surface area contributed by atoms with Crippen LogP contribution in [-0.2, 0) is 5.60 Å². The van der Waals surface area contributed by atoms with Crippen LogP contribution in [0.4, 0.5) is 5.95 Å². The molecule has 1 saturated heterocycles. The number of aliphatic hydroxyl groups is 1. The van der Waals surface area contributed by atoms with E-state index < -0.39 is 5.60 Å². The molecule has 120 valence electrons. The van der Waals surface area contributed by atoms with Crippen LogP contribution in [0.15, 0.2) is 30.5 Å². The molecular weight excluding hydrogens is 290 g/mol. The fourth-order valence-electron chi connectivity index (χ4n) is 3.23. The highest BCUT2D eigenvalue weighted by molar-refractivity contribution is 5.94. The third kappa shape index (κ3) is 2.84. The van der Waals surface area contributed by atoms with Gasteiger partial charge in [0.1, 0.15) is 5.60 Å². The van der Waals surface area contributed by atoms with E-state index in [-0.39, 0.29) is 5.78 Å². The zero-order valence-electron chi connectivity index (χ0n) is 13.7. The average Bonchev–Trinajstić information content (AvgIpc) is 2.90. The number of hydrogen-bond donors (Lipinski definition) is 1. The first kappa shape index (κ1) is 15.6. The summed E-state index contributed by atoms with van der Waals surface area (Å²) in [4.78, 5) is 22.2. The smallest absolute Gasteiger partial charge is 0.225 e. The molecule has 5 nitrogen and oxygen atoms in total. The van der Waals surface area contributed by atoms with E-state index in [1.165, 1.54) is 6.92 Å². The molecule has 3 rings (SSSR count). The molecule has 2 aromatic rings. The Morgan fingerprint density at radius 2 is 2.04 bits per heavy atom. The quantitative estimate of drug-likeness (QED) is 0.882. The molecule has 1 atom stereocenters. The Bertz CT molecular complexity index is 760. The second-order valence-corrected chi connectivity index (χ2v) is 6.24. The van der Waals surface area contributed by atoms with Crippen LogP contribution in [-0.4, -0.2) is 33.9 Å². The van der Waals surface area contributed by atoms with E-state index in [0.717, 1.165) is 11.1 Å². The summed E-state index contributed by atoms with van der Waals surface area (Å²) >= 11 is 0. The van der Waals surface area contributed by atoms with Gasteiger partial charge in [-0.3, -0.25) is 4.79 Å². The van der Waals surface area contributed by atoms with Gasteiger partial charge < -0.3 is 10.0 Å². The third-order valence-electron chi connectivity index (χ3n) is 4.52. The predicted octanol–water partition coefficient (Wildman–Crippen LogP) is 2.39. The van der Waals surface area contributed by atoms with Crippen LogP contribution in [0.1, 0.15) is 40.5 Å². The van der Waals surface area contributed by atoms with Gasteiger partial charge in [-0.25, -0.2) is 9.97 Å². The number of anilines is 1. The van der Waals surface area contributed by atoms with E-state index in [1.807, 2.05) is 43.0 Å². The van der Waals surface area contributed by atoms with Gasteiger partial charge in [-0.15, -0.1) is 0 Å². The van der Waals surface area contributed by atoms with Gasteiger partial charge in [-0.05, 0) is 38.3 Å². The Morgan fingerprint density at radius 3 is 2.70 bits per heavy atom. The molecule has 1 aliphatic rings. The lowest BCUT2D eigenvalue weighted by molar-refractivity contribution is 0.0599. The summed E-state index contributed by atoms with van der Waals surface area (Å²) < 4.78 is 0. The number of carbonyl (C=O) groups is 1. The summed E-state index contributed by atoms with van der Waals surface area (Å²) in [5, 5.41) is 11.0. The molecule has 1 aromatic carbocycles. The molecule has 0 radical (unpaired) electrons. The summed E-state index contributed by atoms with van der Waals surface area (Å²) in [6.07, 6.45) is 2.21. The Balaban J connectivity index is 1.87. The molecule has 0 aliphatic carbocycles. The number of Topliss-reactive ketones (excluding diaryl/α,β-unsaturated/α-hetero) is 1. The number of nitrogens with zero attached hydrogens (tertiary/aromatic N) is 3. The van der Waals surface area contributed by atoms with Crippen molar-refractivity contribution < 1.29 is 9.90 Å². The van der Waals surface area contributed by atoms with E-state index in [4.69, 9.17) is 0 Å². The van der Waals surface area contributed by atoms with E-state index in [0.29, 0.717) is 36.7 Å². The monoisotopic (exact) mass is 311 g/mol. The van der Waals surface area contributed by atoms with Crippen LogP contribution in [0.25, 0.3) is 0 Å². The highest BCUT2D eigenvalue weighted by Crippen LogP contribution is 2.35. The Kier molecular flexibility index (Phi) is 3.90. The minimum absolute atomic E-state index is 0.0353. The molecular formula is C18H21N3O2. The van der Waals surface area contributed by atoms with Gasteiger partial charge in [0.25, 0.3) is 0 Å². The van der Waals surface area contributed by atoms with Gasteiger partial charge in [-0.1, -0.05) is 24.3 Å². The fraction of sp³-hybridized carbons (Fsp3) is 0.389. The third-order valence-corrected chi connectivity index (χ3v) is 4.52. The van der Waals surface area contributed by atoms with Gasteiger partial charge in [0.2, 0.25) is 5.95 Å². The first-order valence-corrected chi connectivity index (χ1v) is 7.79. The Labute approximate surface area is 136 Å². The van der Waals surface area contributed by atoms with Gasteiger partial charge in [-0.2, -0.15) is 0 Å². The number of ketones is 1. The van der Waals surface area contributed by atoms with Gasteiger partial charge >= 0.3 is 0 Å². The maximum Gasteiger partial charge on any atom is 0.225 e. The minimum Gasteiger partial charge on any atom is -0.383 e. The highest BCUT2D eigenvalue weighted by atomic mass is 16.3. The van der Waals surface area contributed by atoms with E-state index >= 15 is 0 Å². The van der Waals surface area contributed by atoms with Crippen molar-refractivity contribution in [3.63, 3.8) is 0 Å². The normalized spacial score (nSPS) is 20.8. The van der Waals surface area contributed by atoms with Crippen LogP contribution < -0.4 is 4.90 Å². The Hall–Kier alpha value is -2.27. The number of benzene rings is 1. The molecule has 1 aromatic heterocycles. The summed E-state index contributed by atoms with van der Waals surface area (Å²) in [6.45, 7) is 6.47. The van der Waals surface area contributed by atoms with Crippen LogP contribution in [0, 0.1) is 13.8 Å². The van der Waals surface area contributed by atoms with Crippen LogP contribution in [0.5, 0.6) is 0 Å². The number of hydrogen-bond acceptors (Lipinski definition) is 5. The van der Waals surface area contributed by atoms with Gasteiger partial charge in [0.15, 0.2) is 5.78 Å². The standard InChI is InChI=1S/C18H21N3O2/c1-12-6-4-5-7-16(12)18(23)8-9-21(11-18)17-19-10-15(14(3)22)13(2)20-17/h4-7,10,23H,8-9,11H2,1-3H3/t18-/m1/s1. The van der Waals surface area contributed by atoms with Crippen molar-refractivity contribution in [2.75, 3.05) is 18.0 Å². The summed E-state index contributed by atoms with van der Waals surface area (Å²) in [5.41, 5.74) is 2.37. The second-order valence-electron chi connectivity index (χ2n) is 6.24. The van der Waals surface area contributed by atoms with Gasteiger partial charge in [0, 0.05) is 12.7 Å².